The maximum Gasteiger partial charge on any atom is 0.336 e. The summed E-state index contributed by atoms with van der Waals surface area (Å²) in [6.45, 7) is 0. The van der Waals surface area contributed by atoms with Crippen LogP contribution in [-0.2, 0) is 36.0 Å². The van der Waals surface area contributed by atoms with Crippen LogP contribution in [0.2, 0.25) is 10.0 Å². The molecule has 42 heavy (non-hydrogen) atoms. The number of rotatable bonds is 11. The number of carbonyl (C=O) groups excluding carboxylic acids is 2. The number of aryl methyl sites for hydroxylation is 1. The summed E-state index contributed by atoms with van der Waals surface area (Å²) in [6.07, 6.45) is 0.227. The fourth-order valence-electron chi connectivity index (χ4n) is 5.08. The molecule has 1 heterocycles. The van der Waals surface area contributed by atoms with Gasteiger partial charge in [0.2, 0.25) is 0 Å². The Hall–Kier alpha value is -3.59. The largest absolute Gasteiger partial charge is 0.481 e. The third kappa shape index (κ3) is 7.24. The molecule has 0 bridgehead atoms. The zero-order valence-corrected chi connectivity index (χ0v) is 25.3. The third-order valence-electron chi connectivity index (χ3n) is 6.98. The summed E-state index contributed by atoms with van der Waals surface area (Å²) in [5, 5.41) is 10.1. The molecule has 1 N–H and O–H groups in total. The molecular formula is C32H29Cl2NO6S. The summed E-state index contributed by atoms with van der Waals surface area (Å²) < 4.78 is 10.2. The first-order chi connectivity index (χ1) is 20.2. The maximum atomic E-state index is 13.4. The first-order valence-electron chi connectivity index (χ1n) is 13.1. The minimum Gasteiger partial charge on any atom is -0.481 e. The molecule has 0 spiro atoms. The molecule has 0 fully saturated rings. The maximum absolute atomic E-state index is 13.4. The molecule has 4 rings (SSSR count). The molecule has 7 nitrogen and oxygen atoms in total. The summed E-state index contributed by atoms with van der Waals surface area (Å²) in [7, 11) is 2.42. The quantitative estimate of drug-likeness (QED) is 0.178. The number of nitrogens with zero attached hydrogens (tertiary/aromatic N) is 1. The predicted molar refractivity (Wildman–Crippen MR) is 164 cm³/mol. The minimum atomic E-state index is -1.25. The zero-order valence-electron chi connectivity index (χ0n) is 23.0. The van der Waals surface area contributed by atoms with Crippen molar-refractivity contribution in [3.63, 3.8) is 0 Å². The monoisotopic (exact) mass is 625 g/mol. The Balaban J connectivity index is 1.80. The van der Waals surface area contributed by atoms with Crippen LogP contribution in [0.1, 0.15) is 35.4 Å². The molecule has 0 saturated carbocycles. The SMILES string of the molecule is COC(=O)C1=C(CCc2ccccc2CSc2ccccc2)N=C(CC(=O)O)C(C(=O)OC)C1c1c(Cl)cccc1Cl. The Morgan fingerprint density at radius 3 is 2.12 bits per heavy atom. The van der Waals surface area contributed by atoms with Gasteiger partial charge < -0.3 is 14.6 Å². The van der Waals surface area contributed by atoms with E-state index in [1.165, 1.54) is 14.2 Å². The van der Waals surface area contributed by atoms with Crippen molar-refractivity contribution in [2.75, 3.05) is 14.2 Å². The Bertz CT molecular complexity index is 1520. The van der Waals surface area contributed by atoms with Gasteiger partial charge in [-0.1, -0.05) is 71.7 Å². The van der Waals surface area contributed by atoms with Gasteiger partial charge in [0, 0.05) is 32.3 Å². The standard InChI is InChI=1S/C32H29Cl2NO6S/c1-40-31(38)28-24(16-15-19-9-6-7-10-20(19)18-42-21-11-4-3-5-12-21)35-25(17-26(36)37)29(32(39)41-2)30(28)27-22(33)13-8-14-23(27)34/h3-14,29-30H,15-18H2,1-2H3,(H,36,37). The lowest BCUT2D eigenvalue weighted by molar-refractivity contribution is -0.143. The van der Waals surface area contributed by atoms with Crippen molar-refractivity contribution in [3.05, 3.63) is 111 Å². The number of benzene rings is 3. The van der Waals surface area contributed by atoms with Gasteiger partial charge in [0.05, 0.1) is 31.9 Å². The third-order valence-corrected chi connectivity index (χ3v) is 8.70. The van der Waals surface area contributed by atoms with Crippen molar-refractivity contribution in [1.29, 1.82) is 0 Å². The van der Waals surface area contributed by atoms with Gasteiger partial charge in [-0.25, -0.2) is 4.79 Å². The van der Waals surface area contributed by atoms with Crippen molar-refractivity contribution >= 4 is 58.6 Å². The second-order valence-corrected chi connectivity index (χ2v) is 11.4. The van der Waals surface area contributed by atoms with Crippen LogP contribution >= 0.6 is 35.0 Å². The number of hydrogen-bond donors (Lipinski definition) is 1. The number of hydrogen-bond acceptors (Lipinski definition) is 7. The van der Waals surface area contributed by atoms with Crippen molar-refractivity contribution < 1.29 is 29.0 Å². The lowest BCUT2D eigenvalue weighted by Crippen LogP contribution is -2.38. The molecule has 0 saturated heterocycles. The average Bonchev–Trinajstić information content (AvgIpc) is 2.98. The number of halogens is 2. The van der Waals surface area contributed by atoms with Crippen molar-refractivity contribution in [3.8, 4) is 0 Å². The first-order valence-corrected chi connectivity index (χ1v) is 14.9. The number of aliphatic carboxylic acids is 1. The fraction of sp³-hybridized carbons (Fsp3) is 0.250. The molecule has 218 valence electrons. The second kappa shape index (κ2) is 14.5. The van der Waals surface area contributed by atoms with Crippen molar-refractivity contribution in [2.24, 2.45) is 10.9 Å². The van der Waals surface area contributed by atoms with Crippen LogP contribution in [0.25, 0.3) is 0 Å². The lowest BCUT2D eigenvalue weighted by atomic mass is 9.74. The summed E-state index contributed by atoms with van der Waals surface area (Å²) in [6, 6.07) is 22.9. The molecule has 10 heteroatoms. The molecule has 1 aliphatic rings. The average molecular weight is 627 g/mol. The summed E-state index contributed by atoms with van der Waals surface area (Å²) in [5.41, 5.74) is 2.92. The summed E-state index contributed by atoms with van der Waals surface area (Å²) in [4.78, 5) is 44.2. The van der Waals surface area contributed by atoms with E-state index < -0.39 is 36.2 Å². The molecule has 0 aliphatic carbocycles. The van der Waals surface area contributed by atoms with E-state index in [0.29, 0.717) is 17.7 Å². The molecule has 3 aromatic rings. The van der Waals surface area contributed by atoms with Crippen LogP contribution in [0.5, 0.6) is 0 Å². The number of allylic oxidation sites excluding steroid dienone is 1. The van der Waals surface area contributed by atoms with Crippen LogP contribution < -0.4 is 0 Å². The Labute approximate surface area is 258 Å². The van der Waals surface area contributed by atoms with E-state index in [1.54, 1.807) is 30.0 Å². The number of esters is 2. The summed E-state index contributed by atoms with van der Waals surface area (Å²) in [5.74, 6) is -4.26. The highest BCUT2D eigenvalue weighted by Gasteiger charge is 2.46. The van der Waals surface area contributed by atoms with E-state index in [-0.39, 0.29) is 27.8 Å². The number of thioether (sulfide) groups is 1. The van der Waals surface area contributed by atoms with Gasteiger partial charge in [0.1, 0.15) is 5.92 Å². The molecule has 3 aromatic carbocycles. The van der Waals surface area contributed by atoms with Crippen LogP contribution in [-0.4, -0.2) is 42.9 Å². The highest BCUT2D eigenvalue weighted by molar-refractivity contribution is 7.98. The number of aliphatic imine (C=N–C) groups is 1. The van der Waals surface area contributed by atoms with Crippen LogP contribution in [0, 0.1) is 5.92 Å². The van der Waals surface area contributed by atoms with Gasteiger partial charge in [-0.2, -0.15) is 0 Å². The highest BCUT2D eigenvalue weighted by Crippen LogP contribution is 2.46. The van der Waals surface area contributed by atoms with Crippen LogP contribution in [0.15, 0.2) is 94.0 Å². The highest BCUT2D eigenvalue weighted by atomic mass is 35.5. The summed E-state index contributed by atoms with van der Waals surface area (Å²) >= 11 is 14.9. The van der Waals surface area contributed by atoms with Crippen LogP contribution in [0.4, 0.5) is 0 Å². The number of carboxylic acids is 1. The van der Waals surface area contributed by atoms with Gasteiger partial charge in [-0.05, 0) is 53.8 Å². The number of carbonyl (C=O) groups is 3. The number of ether oxygens (including phenoxy) is 2. The fourth-order valence-corrected chi connectivity index (χ4v) is 6.67. The Morgan fingerprint density at radius 2 is 1.50 bits per heavy atom. The normalized spacial score (nSPS) is 16.5. The van der Waals surface area contributed by atoms with Gasteiger partial charge in [-0.15, -0.1) is 11.8 Å². The van der Waals surface area contributed by atoms with E-state index in [2.05, 4.69) is 23.2 Å². The number of methoxy groups -OCH3 is 2. The molecule has 1 aliphatic heterocycles. The zero-order chi connectivity index (χ0) is 30.2. The van der Waals surface area contributed by atoms with Crippen LogP contribution in [0.3, 0.4) is 0 Å². The van der Waals surface area contributed by atoms with E-state index in [9.17, 15) is 19.5 Å². The molecule has 0 radical (unpaired) electrons. The molecule has 0 aromatic heterocycles. The molecule has 2 atom stereocenters. The van der Waals surface area contributed by atoms with E-state index >= 15 is 0 Å². The van der Waals surface area contributed by atoms with Gasteiger partial charge in [0.15, 0.2) is 0 Å². The van der Waals surface area contributed by atoms with Crippen molar-refractivity contribution in [1.82, 2.24) is 0 Å². The van der Waals surface area contributed by atoms with Gasteiger partial charge in [0.25, 0.3) is 0 Å². The Morgan fingerprint density at radius 1 is 0.857 bits per heavy atom. The Kier molecular flexibility index (Phi) is 10.8. The molecule has 2 unspecified atom stereocenters. The van der Waals surface area contributed by atoms with Gasteiger partial charge in [-0.3, -0.25) is 14.6 Å². The first kappa shape index (κ1) is 31.3. The topological polar surface area (TPSA) is 102 Å². The molecular weight excluding hydrogens is 597 g/mol. The minimum absolute atomic E-state index is 0.0471. The van der Waals surface area contributed by atoms with E-state index in [4.69, 9.17) is 32.7 Å². The van der Waals surface area contributed by atoms with Crippen molar-refractivity contribution in [2.45, 2.75) is 35.8 Å². The van der Waals surface area contributed by atoms with Gasteiger partial charge >= 0.3 is 17.9 Å². The predicted octanol–water partition coefficient (Wildman–Crippen LogP) is 7.15. The molecule has 0 amide bonds. The van der Waals surface area contributed by atoms with E-state index in [0.717, 1.165) is 21.8 Å². The second-order valence-electron chi connectivity index (χ2n) is 9.51. The number of carboxylic acid groups (broad SMARTS) is 1. The van der Waals surface area contributed by atoms with E-state index in [1.807, 2.05) is 36.4 Å². The lowest BCUT2D eigenvalue weighted by Gasteiger charge is -2.33. The smallest absolute Gasteiger partial charge is 0.336 e.